The molecule has 0 saturated heterocycles. The fraction of sp³-hybridized carbons (Fsp3) is 0.833. The van der Waals surface area contributed by atoms with Crippen molar-refractivity contribution in [3.8, 4) is 0 Å². The molecule has 1 unspecified atom stereocenters. The quantitative estimate of drug-likeness (QED) is 0.671. The first kappa shape index (κ1) is 12.2. The van der Waals surface area contributed by atoms with Crippen molar-refractivity contribution < 1.29 is 0 Å². The van der Waals surface area contributed by atoms with Crippen LogP contribution in [-0.2, 0) is 0 Å². The molecule has 0 radical (unpaired) electrons. The lowest BCUT2D eigenvalue weighted by atomic mass is 10.0. The Morgan fingerprint density at radius 1 is 1.27 bits per heavy atom. The normalized spacial score (nSPS) is 13.4. The molecule has 0 aliphatic rings. The molecule has 0 N–H and O–H groups in total. The highest BCUT2D eigenvalue weighted by Crippen LogP contribution is 2.20. The summed E-state index contributed by atoms with van der Waals surface area (Å²) in [7, 11) is 0. The first-order valence-electron chi connectivity index (χ1n) is 6.06. The molecule has 0 aliphatic carbocycles. The summed E-state index contributed by atoms with van der Waals surface area (Å²) < 4.78 is 1.94. The second kappa shape index (κ2) is 5.89. The molecule has 3 nitrogen and oxygen atoms in total. The summed E-state index contributed by atoms with van der Waals surface area (Å²) in [6.07, 6.45) is 7.21. The second-order valence-corrected chi connectivity index (χ2v) is 4.61. The first-order valence-corrected chi connectivity index (χ1v) is 6.06. The van der Waals surface area contributed by atoms with E-state index >= 15 is 0 Å². The van der Waals surface area contributed by atoms with Crippen LogP contribution in [0.5, 0.6) is 0 Å². The zero-order valence-electron chi connectivity index (χ0n) is 10.4. The number of hydrogen-bond donors (Lipinski definition) is 0. The third-order valence-corrected chi connectivity index (χ3v) is 2.80. The van der Waals surface area contributed by atoms with Gasteiger partial charge in [0.15, 0.2) is 0 Å². The maximum atomic E-state index is 4.23. The summed E-state index contributed by atoms with van der Waals surface area (Å²) >= 11 is 0. The third-order valence-electron chi connectivity index (χ3n) is 2.80. The summed E-state index contributed by atoms with van der Waals surface area (Å²) in [5, 5.41) is 8.36. The molecule has 1 rings (SSSR count). The van der Waals surface area contributed by atoms with Gasteiger partial charge in [-0.2, -0.15) is 0 Å². The minimum absolute atomic E-state index is 0.411. The van der Waals surface area contributed by atoms with Gasteiger partial charge in [-0.15, -0.1) is 5.10 Å². The minimum Gasteiger partial charge on any atom is -0.250 e. The van der Waals surface area contributed by atoms with Crippen molar-refractivity contribution in [2.45, 2.75) is 65.3 Å². The second-order valence-electron chi connectivity index (χ2n) is 4.61. The molecular weight excluding hydrogens is 186 g/mol. The van der Waals surface area contributed by atoms with Gasteiger partial charge < -0.3 is 0 Å². The van der Waals surface area contributed by atoms with Crippen LogP contribution in [0.1, 0.15) is 71.0 Å². The van der Waals surface area contributed by atoms with Crippen molar-refractivity contribution in [2.24, 2.45) is 0 Å². The molecule has 0 bridgehead atoms. The molecule has 0 amide bonds. The van der Waals surface area contributed by atoms with Crippen LogP contribution in [0.4, 0.5) is 0 Å². The lowest BCUT2D eigenvalue weighted by Gasteiger charge is -2.06. The van der Waals surface area contributed by atoms with Crippen molar-refractivity contribution >= 4 is 0 Å². The molecule has 15 heavy (non-hydrogen) atoms. The van der Waals surface area contributed by atoms with Crippen molar-refractivity contribution in [1.29, 1.82) is 0 Å². The average Bonchev–Trinajstić information content (AvgIpc) is 2.66. The van der Waals surface area contributed by atoms with Crippen LogP contribution in [0.3, 0.4) is 0 Å². The lowest BCUT2D eigenvalue weighted by Crippen LogP contribution is -2.00. The van der Waals surface area contributed by atoms with Crippen LogP contribution in [0.2, 0.25) is 0 Å². The lowest BCUT2D eigenvalue weighted by molar-refractivity contribution is 0.514. The Bertz CT molecular complexity index is 278. The molecule has 0 aliphatic heterocycles. The van der Waals surface area contributed by atoms with Crippen LogP contribution < -0.4 is 0 Å². The number of hydrogen-bond acceptors (Lipinski definition) is 2. The van der Waals surface area contributed by atoms with E-state index in [9.17, 15) is 0 Å². The Morgan fingerprint density at radius 3 is 2.53 bits per heavy atom. The number of rotatable bonds is 6. The zero-order valence-corrected chi connectivity index (χ0v) is 10.4. The van der Waals surface area contributed by atoms with Gasteiger partial charge in [-0.25, -0.2) is 4.68 Å². The maximum Gasteiger partial charge on any atom is 0.0855 e. The van der Waals surface area contributed by atoms with Crippen LogP contribution in [0, 0.1) is 0 Å². The van der Waals surface area contributed by atoms with E-state index in [-0.39, 0.29) is 0 Å². The van der Waals surface area contributed by atoms with Gasteiger partial charge in [0, 0.05) is 18.2 Å². The van der Waals surface area contributed by atoms with Gasteiger partial charge >= 0.3 is 0 Å². The highest BCUT2D eigenvalue weighted by atomic mass is 15.4. The van der Waals surface area contributed by atoms with Crippen molar-refractivity contribution in [2.75, 3.05) is 0 Å². The van der Waals surface area contributed by atoms with E-state index in [4.69, 9.17) is 0 Å². The fourth-order valence-electron chi connectivity index (χ4n) is 1.62. The summed E-state index contributed by atoms with van der Waals surface area (Å²) in [6.45, 7) is 8.73. The Balaban J connectivity index is 2.47. The summed E-state index contributed by atoms with van der Waals surface area (Å²) in [5.74, 6) is 0.545. The smallest absolute Gasteiger partial charge is 0.0855 e. The van der Waals surface area contributed by atoms with Crippen molar-refractivity contribution in [3.05, 3.63) is 11.9 Å². The molecule has 1 aromatic rings. The molecule has 3 heteroatoms. The molecule has 86 valence electrons. The Morgan fingerprint density at radius 2 is 2.00 bits per heavy atom. The van der Waals surface area contributed by atoms with E-state index in [2.05, 4.69) is 44.2 Å². The predicted octanol–water partition coefficient (Wildman–Crippen LogP) is 3.54. The van der Waals surface area contributed by atoms with Gasteiger partial charge in [0.05, 0.1) is 5.69 Å². The largest absolute Gasteiger partial charge is 0.250 e. The van der Waals surface area contributed by atoms with E-state index in [1.807, 2.05) is 4.68 Å². The van der Waals surface area contributed by atoms with Gasteiger partial charge in [0.1, 0.15) is 0 Å². The summed E-state index contributed by atoms with van der Waals surface area (Å²) in [6, 6.07) is 0.411. The highest BCUT2D eigenvalue weighted by Gasteiger charge is 2.10. The number of aromatic nitrogens is 3. The molecule has 0 fully saturated rings. The van der Waals surface area contributed by atoms with E-state index in [1.54, 1.807) is 0 Å². The Hall–Kier alpha value is -0.860. The molecule has 0 aromatic carbocycles. The van der Waals surface area contributed by atoms with Crippen LogP contribution in [0.25, 0.3) is 0 Å². The number of nitrogens with zero attached hydrogens (tertiary/aromatic N) is 3. The fourth-order valence-corrected chi connectivity index (χ4v) is 1.62. The average molecular weight is 209 g/mol. The molecular formula is C12H23N3. The molecule has 0 spiro atoms. The standard InChI is InChI=1S/C12H23N3/c1-5-6-7-8-11(4)12-9-15(10(2)3)14-13-12/h9-11H,5-8H2,1-4H3. The topological polar surface area (TPSA) is 30.7 Å². The SMILES string of the molecule is CCCCCC(C)c1cn(C(C)C)nn1. The van der Waals surface area contributed by atoms with E-state index in [1.165, 1.54) is 25.7 Å². The van der Waals surface area contributed by atoms with Gasteiger partial charge in [-0.3, -0.25) is 0 Å². The first-order chi connectivity index (χ1) is 7.15. The van der Waals surface area contributed by atoms with Crippen LogP contribution in [-0.4, -0.2) is 15.0 Å². The van der Waals surface area contributed by atoms with Gasteiger partial charge in [0.2, 0.25) is 0 Å². The zero-order chi connectivity index (χ0) is 11.3. The van der Waals surface area contributed by atoms with Gasteiger partial charge in [0.25, 0.3) is 0 Å². The highest BCUT2D eigenvalue weighted by molar-refractivity contribution is 5.00. The van der Waals surface area contributed by atoms with Crippen molar-refractivity contribution in [3.63, 3.8) is 0 Å². The molecule has 1 aromatic heterocycles. The summed E-state index contributed by atoms with van der Waals surface area (Å²) in [5.41, 5.74) is 1.14. The van der Waals surface area contributed by atoms with Gasteiger partial charge in [-0.05, 0) is 20.3 Å². The Kier molecular flexibility index (Phi) is 4.79. The van der Waals surface area contributed by atoms with Crippen molar-refractivity contribution in [1.82, 2.24) is 15.0 Å². The van der Waals surface area contributed by atoms with Gasteiger partial charge in [-0.1, -0.05) is 38.3 Å². The number of unbranched alkanes of at least 4 members (excludes halogenated alkanes) is 2. The maximum absolute atomic E-state index is 4.23. The molecule has 1 atom stereocenters. The summed E-state index contributed by atoms with van der Waals surface area (Å²) in [4.78, 5) is 0. The van der Waals surface area contributed by atoms with Crippen LogP contribution >= 0.6 is 0 Å². The van der Waals surface area contributed by atoms with E-state index < -0.39 is 0 Å². The third kappa shape index (κ3) is 3.65. The Labute approximate surface area is 92.9 Å². The molecule has 1 heterocycles. The van der Waals surface area contributed by atoms with E-state index in [0.29, 0.717) is 12.0 Å². The molecule has 0 saturated carbocycles. The van der Waals surface area contributed by atoms with Crippen LogP contribution in [0.15, 0.2) is 6.20 Å². The predicted molar refractivity (Wildman–Crippen MR) is 63.0 cm³/mol. The van der Waals surface area contributed by atoms with E-state index in [0.717, 1.165) is 5.69 Å². The monoisotopic (exact) mass is 209 g/mol. The minimum atomic E-state index is 0.411.